The molecule has 1 aliphatic rings. The van der Waals surface area contributed by atoms with Crippen LogP contribution in [-0.4, -0.2) is 0 Å². The van der Waals surface area contributed by atoms with E-state index >= 15 is 0 Å². The van der Waals surface area contributed by atoms with Crippen molar-refractivity contribution in [2.75, 3.05) is 5.32 Å². The summed E-state index contributed by atoms with van der Waals surface area (Å²) in [5, 5.41) is 3.72. The summed E-state index contributed by atoms with van der Waals surface area (Å²) in [6, 6.07) is 10.9. The van der Waals surface area contributed by atoms with E-state index in [1.165, 1.54) is 17.7 Å². The molecule has 2 atom stereocenters. The Bertz CT molecular complexity index is 639. The molecule has 0 saturated heterocycles. The summed E-state index contributed by atoms with van der Waals surface area (Å²) >= 11 is 9.46. The van der Waals surface area contributed by atoms with Crippen molar-refractivity contribution in [1.29, 1.82) is 0 Å². The predicted octanol–water partition coefficient (Wildman–Crippen LogP) is 4.80. The summed E-state index contributed by atoms with van der Waals surface area (Å²) in [5.74, 6) is -0.365. The Balaban J connectivity index is 1.94. The molecule has 0 aromatic heterocycles. The average Bonchev–Trinajstić information content (AvgIpc) is 2.71. The number of benzene rings is 2. The van der Waals surface area contributed by atoms with Crippen LogP contribution in [0.25, 0.3) is 0 Å². The van der Waals surface area contributed by atoms with Crippen molar-refractivity contribution in [2.45, 2.75) is 18.5 Å². The normalized spacial score (nSPS) is 20.8. The van der Waals surface area contributed by atoms with Gasteiger partial charge in [0.15, 0.2) is 0 Å². The lowest BCUT2D eigenvalue weighted by molar-refractivity contribution is 0.625. The van der Waals surface area contributed by atoms with Gasteiger partial charge in [0.05, 0.1) is 16.8 Å². The molecule has 0 radical (unpaired) electrons. The first-order valence-electron chi connectivity index (χ1n) is 6.31. The molecule has 20 heavy (non-hydrogen) atoms. The maximum atomic E-state index is 13.3. The van der Waals surface area contributed by atoms with Crippen molar-refractivity contribution in [2.24, 2.45) is 5.73 Å². The van der Waals surface area contributed by atoms with Gasteiger partial charge in [0.2, 0.25) is 0 Å². The van der Waals surface area contributed by atoms with Crippen LogP contribution in [0.3, 0.4) is 0 Å². The summed E-state index contributed by atoms with van der Waals surface area (Å²) in [6.07, 6.45) is 0.791. The standard InChI is InChI=1S/C15H13BrClFN2/c16-11-5-8(18)6-12(17)15(11)20-14-7-13(19)9-3-1-2-4-10(9)14/h1-6,13-14,20H,7,19H2. The van der Waals surface area contributed by atoms with Gasteiger partial charge in [-0.25, -0.2) is 4.39 Å². The van der Waals surface area contributed by atoms with Gasteiger partial charge in [-0.2, -0.15) is 0 Å². The van der Waals surface area contributed by atoms with Crippen LogP contribution in [-0.2, 0) is 0 Å². The molecule has 2 nitrogen and oxygen atoms in total. The number of rotatable bonds is 2. The van der Waals surface area contributed by atoms with E-state index in [0.717, 1.165) is 12.0 Å². The fourth-order valence-electron chi connectivity index (χ4n) is 2.66. The maximum Gasteiger partial charge on any atom is 0.125 e. The van der Waals surface area contributed by atoms with Crippen LogP contribution in [0.2, 0.25) is 5.02 Å². The third-order valence-electron chi connectivity index (χ3n) is 3.59. The molecule has 0 bridgehead atoms. The van der Waals surface area contributed by atoms with Crippen molar-refractivity contribution < 1.29 is 4.39 Å². The Morgan fingerprint density at radius 3 is 2.65 bits per heavy atom. The van der Waals surface area contributed by atoms with Gasteiger partial charge < -0.3 is 11.1 Å². The highest BCUT2D eigenvalue weighted by Gasteiger charge is 2.28. The van der Waals surface area contributed by atoms with Crippen LogP contribution >= 0.6 is 27.5 Å². The molecule has 2 unspecified atom stereocenters. The van der Waals surface area contributed by atoms with E-state index in [1.807, 2.05) is 18.2 Å². The van der Waals surface area contributed by atoms with Gasteiger partial charge in [-0.1, -0.05) is 35.9 Å². The minimum absolute atomic E-state index is 0.0155. The Morgan fingerprint density at radius 1 is 1.25 bits per heavy atom. The fourth-order valence-corrected chi connectivity index (χ4v) is 3.59. The molecule has 0 spiro atoms. The van der Waals surface area contributed by atoms with Crippen LogP contribution in [0, 0.1) is 5.82 Å². The summed E-state index contributed by atoms with van der Waals surface area (Å²) in [4.78, 5) is 0. The van der Waals surface area contributed by atoms with Gasteiger partial charge in [-0.05, 0) is 45.6 Å². The van der Waals surface area contributed by atoms with E-state index in [4.69, 9.17) is 17.3 Å². The minimum Gasteiger partial charge on any atom is -0.376 e. The highest BCUT2D eigenvalue weighted by Crippen LogP contribution is 2.42. The lowest BCUT2D eigenvalue weighted by Gasteiger charge is -2.18. The van der Waals surface area contributed by atoms with Crippen LogP contribution < -0.4 is 11.1 Å². The summed E-state index contributed by atoms with van der Waals surface area (Å²) in [5.41, 5.74) is 9.17. The summed E-state index contributed by atoms with van der Waals surface area (Å²) < 4.78 is 13.9. The number of nitrogens with one attached hydrogen (secondary N) is 1. The second kappa shape index (κ2) is 5.35. The summed E-state index contributed by atoms with van der Waals surface area (Å²) in [6.45, 7) is 0. The number of hydrogen-bond acceptors (Lipinski definition) is 2. The molecule has 0 heterocycles. The smallest absolute Gasteiger partial charge is 0.125 e. The summed E-state index contributed by atoms with van der Waals surface area (Å²) in [7, 11) is 0. The van der Waals surface area contributed by atoms with Gasteiger partial charge in [0, 0.05) is 10.5 Å². The molecule has 3 N–H and O–H groups in total. The van der Waals surface area contributed by atoms with Crippen molar-refractivity contribution >= 4 is 33.2 Å². The van der Waals surface area contributed by atoms with Crippen molar-refractivity contribution in [3.05, 3.63) is 62.8 Å². The second-order valence-electron chi connectivity index (χ2n) is 4.91. The van der Waals surface area contributed by atoms with Gasteiger partial charge in [0.25, 0.3) is 0 Å². The van der Waals surface area contributed by atoms with Gasteiger partial charge in [-0.3, -0.25) is 0 Å². The first-order valence-corrected chi connectivity index (χ1v) is 7.49. The van der Waals surface area contributed by atoms with Gasteiger partial charge in [0.1, 0.15) is 5.82 Å². The highest BCUT2D eigenvalue weighted by molar-refractivity contribution is 9.10. The first-order chi connectivity index (χ1) is 9.56. The Hall–Kier alpha value is -1.10. The quantitative estimate of drug-likeness (QED) is 0.812. The molecule has 0 fully saturated rings. The van der Waals surface area contributed by atoms with Crippen LogP contribution in [0.4, 0.5) is 10.1 Å². The third kappa shape index (κ3) is 2.43. The monoisotopic (exact) mass is 354 g/mol. The molecule has 5 heteroatoms. The zero-order valence-electron chi connectivity index (χ0n) is 10.5. The largest absolute Gasteiger partial charge is 0.376 e. The molecule has 2 aromatic carbocycles. The topological polar surface area (TPSA) is 38.0 Å². The predicted molar refractivity (Wildman–Crippen MR) is 83.5 cm³/mol. The zero-order valence-corrected chi connectivity index (χ0v) is 12.9. The number of nitrogens with two attached hydrogens (primary N) is 1. The molecule has 0 saturated carbocycles. The number of hydrogen-bond donors (Lipinski definition) is 2. The minimum atomic E-state index is -0.365. The molecular formula is C15H13BrClFN2. The van der Waals surface area contributed by atoms with Crippen LogP contribution in [0.5, 0.6) is 0 Å². The van der Waals surface area contributed by atoms with Crippen molar-refractivity contribution in [3.63, 3.8) is 0 Å². The van der Waals surface area contributed by atoms with Gasteiger partial charge >= 0.3 is 0 Å². The van der Waals surface area contributed by atoms with Crippen molar-refractivity contribution in [1.82, 2.24) is 0 Å². The second-order valence-corrected chi connectivity index (χ2v) is 6.17. The lowest BCUT2D eigenvalue weighted by Crippen LogP contribution is -2.10. The highest BCUT2D eigenvalue weighted by atomic mass is 79.9. The molecular weight excluding hydrogens is 343 g/mol. The maximum absolute atomic E-state index is 13.3. The van der Waals surface area contributed by atoms with E-state index in [1.54, 1.807) is 0 Å². The van der Waals surface area contributed by atoms with E-state index in [9.17, 15) is 4.39 Å². The molecule has 2 aromatic rings. The SMILES string of the molecule is NC1CC(Nc2c(Cl)cc(F)cc2Br)c2ccccc21. The molecule has 0 aliphatic heterocycles. The van der Waals surface area contributed by atoms with E-state index in [-0.39, 0.29) is 17.9 Å². The molecule has 104 valence electrons. The zero-order chi connectivity index (χ0) is 14.3. The lowest BCUT2D eigenvalue weighted by atomic mass is 10.1. The first kappa shape index (κ1) is 13.9. The number of halogens is 3. The Kier molecular flexibility index (Phi) is 3.71. The van der Waals surface area contributed by atoms with Crippen LogP contribution in [0.15, 0.2) is 40.9 Å². The Labute approximate surface area is 130 Å². The molecule has 3 rings (SSSR count). The van der Waals surface area contributed by atoms with E-state index in [2.05, 4.69) is 27.3 Å². The van der Waals surface area contributed by atoms with Crippen molar-refractivity contribution in [3.8, 4) is 0 Å². The van der Waals surface area contributed by atoms with E-state index in [0.29, 0.717) is 15.2 Å². The average molecular weight is 356 g/mol. The number of fused-ring (bicyclic) bond motifs is 1. The molecule has 0 amide bonds. The third-order valence-corrected chi connectivity index (χ3v) is 4.51. The fraction of sp³-hybridized carbons (Fsp3) is 0.200. The molecule has 1 aliphatic carbocycles. The van der Waals surface area contributed by atoms with E-state index < -0.39 is 0 Å². The van der Waals surface area contributed by atoms with Crippen LogP contribution in [0.1, 0.15) is 29.6 Å². The Morgan fingerprint density at radius 2 is 1.95 bits per heavy atom. The number of anilines is 1. The van der Waals surface area contributed by atoms with Gasteiger partial charge in [-0.15, -0.1) is 0 Å².